The van der Waals surface area contributed by atoms with Crippen LogP contribution in [-0.4, -0.2) is 50.3 Å². The van der Waals surface area contributed by atoms with Crippen LogP contribution < -0.4 is 5.32 Å². The molecule has 0 spiro atoms. The first-order valence-corrected chi connectivity index (χ1v) is 7.77. The molecule has 2 aliphatic rings. The van der Waals surface area contributed by atoms with Gasteiger partial charge in [-0.15, -0.1) is 0 Å². The molecule has 1 aliphatic heterocycles. The fourth-order valence-electron chi connectivity index (χ4n) is 3.10. The Kier molecular flexibility index (Phi) is 5.93. The molecule has 2 fully saturated rings. The molecule has 0 aromatic heterocycles. The smallest absolute Gasteiger partial charge is 0.0589 e. The van der Waals surface area contributed by atoms with Crippen molar-refractivity contribution in [3.05, 3.63) is 0 Å². The van der Waals surface area contributed by atoms with Crippen LogP contribution >= 0.6 is 0 Å². The second-order valence-electron chi connectivity index (χ2n) is 6.04. The van der Waals surface area contributed by atoms with Gasteiger partial charge in [0.25, 0.3) is 0 Å². The van der Waals surface area contributed by atoms with E-state index in [4.69, 9.17) is 4.74 Å². The molecule has 1 aliphatic carbocycles. The van der Waals surface area contributed by atoms with Crippen LogP contribution in [0.15, 0.2) is 0 Å². The fraction of sp³-hybridized carbons (Fsp3) is 1.00. The quantitative estimate of drug-likeness (QED) is 0.719. The molecular weight excluding hydrogens is 224 g/mol. The molecule has 3 nitrogen and oxygen atoms in total. The summed E-state index contributed by atoms with van der Waals surface area (Å²) in [5.74, 6) is 0.959. The van der Waals surface area contributed by atoms with Gasteiger partial charge in [0.15, 0.2) is 0 Å². The van der Waals surface area contributed by atoms with Crippen LogP contribution in [0.25, 0.3) is 0 Å². The van der Waals surface area contributed by atoms with E-state index in [1.165, 1.54) is 51.6 Å². The Hall–Kier alpha value is -0.120. The summed E-state index contributed by atoms with van der Waals surface area (Å²) in [5, 5.41) is 3.66. The molecule has 3 heteroatoms. The minimum Gasteiger partial charge on any atom is -0.383 e. The van der Waals surface area contributed by atoms with Crippen molar-refractivity contribution in [1.82, 2.24) is 10.2 Å². The van der Waals surface area contributed by atoms with Crippen molar-refractivity contribution in [3.63, 3.8) is 0 Å². The molecule has 1 N–H and O–H groups in total. The second-order valence-corrected chi connectivity index (χ2v) is 6.04. The number of rotatable bonds is 8. The predicted octanol–water partition coefficient (Wildman–Crippen LogP) is 2.27. The van der Waals surface area contributed by atoms with Crippen LogP contribution in [0.5, 0.6) is 0 Å². The van der Waals surface area contributed by atoms with Crippen LogP contribution in [0.3, 0.4) is 0 Å². The van der Waals surface area contributed by atoms with Crippen molar-refractivity contribution in [2.75, 3.05) is 33.4 Å². The first-order valence-electron chi connectivity index (χ1n) is 7.77. The number of nitrogens with one attached hydrogen (secondary N) is 1. The van der Waals surface area contributed by atoms with Crippen LogP contribution in [0.4, 0.5) is 0 Å². The lowest BCUT2D eigenvalue weighted by Gasteiger charge is -2.32. The summed E-state index contributed by atoms with van der Waals surface area (Å²) >= 11 is 0. The molecular formula is C15H30N2O. The Morgan fingerprint density at radius 1 is 1.22 bits per heavy atom. The summed E-state index contributed by atoms with van der Waals surface area (Å²) in [6, 6.07) is 1.51. The average Bonchev–Trinajstić information content (AvgIpc) is 3.24. The topological polar surface area (TPSA) is 24.5 Å². The van der Waals surface area contributed by atoms with E-state index in [0.29, 0.717) is 0 Å². The van der Waals surface area contributed by atoms with Gasteiger partial charge in [-0.2, -0.15) is 0 Å². The zero-order chi connectivity index (χ0) is 12.8. The molecule has 1 heterocycles. The van der Waals surface area contributed by atoms with E-state index in [2.05, 4.69) is 17.1 Å². The Morgan fingerprint density at radius 3 is 2.67 bits per heavy atom. The van der Waals surface area contributed by atoms with Crippen molar-refractivity contribution >= 4 is 0 Å². The van der Waals surface area contributed by atoms with E-state index in [-0.39, 0.29) is 0 Å². The number of hydrogen-bond acceptors (Lipinski definition) is 3. The lowest BCUT2D eigenvalue weighted by atomic mass is 10.0. The van der Waals surface area contributed by atoms with E-state index in [0.717, 1.165) is 31.2 Å². The molecule has 0 aromatic rings. The van der Waals surface area contributed by atoms with Gasteiger partial charge in [0.05, 0.1) is 6.61 Å². The van der Waals surface area contributed by atoms with Crippen molar-refractivity contribution in [1.29, 1.82) is 0 Å². The standard InChI is InChI=1S/C15H30N2O/c1-13(14-6-7-14)17(11-12-18-2)10-8-15-5-3-4-9-16-15/h13-16H,3-12H2,1-2H3. The molecule has 0 amide bonds. The predicted molar refractivity (Wildman–Crippen MR) is 75.9 cm³/mol. The summed E-state index contributed by atoms with van der Waals surface area (Å²) in [7, 11) is 1.81. The number of nitrogens with zero attached hydrogens (tertiary/aromatic N) is 1. The van der Waals surface area contributed by atoms with Crippen LogP contribution in [0.1, 0.15) is 45.4 Å². The molecule has 0 radical (unpaired) electrons. The lowest BCUT2D eigenvalue weighted by molar-refractivity contribution is 0.112. The van der Waals surface area contributed by atoms with Gasteiger partial charge in [0, 0.05) is 25.7 Å². The minimum atomic E-state index is 0.753. The molecule has 2 rings (SSSR count). The third-order valence-corrected chi connectivity index (χ3v) is 4.64. The maximum atomic E-state index is 5.26. The highest BCUT2D eigenvalue weighted by atomic mass is 16.5. The van der Waals surface area contributed by atoms with Crippen LogP contribution in [0, 0.1) is 5.92 Å². The Bertz CT molecular complexity index is 225. The van der Waals surface area contributed by atoms with Gasteiger partial charge in [-0.1, -0.05) is 6.42 Å². The highest BCUT2D eigenvalue weighted by Gasteiger charge is 2.31. The monoisotopic (exact) mass is 254 g/mol. The van der Waals surface area contributed by atoms with Gasteiger partial charge >= 0.3 is 0 Å². The Morgan fingerprint density at radius 2 is 2.06 bits per heavy atom. The molecule has 1 saturated carbocycles. The SMILES string of the molecule is COCCN(CCC1CCCCN1)C(C)C1CC1. The largest absolute Gasteiger partial charge is 0.383 e. The number of methoxy groups -OCH3 is 1. The van der Waals surface area contributed by atoms with E-state index >= 15 is 0 Å². The summed E-state index contributed by atoms with van der Waals surface area (Å²) in [6.07, 6.45) is 8.33. The summed E-state index contributed by atoms with van der Waals surface area (Å²) < 4.78 is 5.26. The van der Waals surface area contributed by atoms with Crippen molar-refractivity contribution in [2.45, 2.75) is 57.5 Å². The molecule has 0 bridgehead atoms. The van der Waals surface area contributed by atoms with Gasteiger partial charge in [-0.3, -0.25) is 4.90 Å². The summed E-state index contributed by atoms with van der Waals surface area (Å²) in [6.45, 7) is 6.83. The second kappa shape index (κ2) is 7.46. The van der Waals surface area contributed by atoms with Gasteiger partial charge in [-0.25, -0.2) is 0 Å². The first kappa shape index (κ1) is 14.3. The molecule has 0 aromatic carbocycles. The Balaban J connectivity index is 1.72. The van der Waals surface area contributed by atoms with Crippen LogP contribution in [-0.2, 0) is 4.74 Å². The third-order valence-electron chi connectivity index (χ3n) is 4.64. The summed E-state index contributed by atoms with van der Waals surface area (Å²) in [4.78, 5) is 2.65. The zero-order valence-corrected chi connectivity index (χ0v) is 12.2. The van der Waals surface area contributed by atoms with Crippen molar-refractivity contribution in [2.24, 2.45) is 5.92 Å². The maximum Gasteiger partial charge on any atom is 0.0589 e. The molecule has 1 saturated heterocycles. The van der Waals surface area contributed by atoms with Crippen molar-refractivity contribution < 1.29 is 4.74 Å². The highest BCUT2D eigenvalue weighted by Crippen LogP contribution is 2.35. The Labute approximate surface area is 112 Å². The normalized spacial score (nSPS) is 26.5. The number of hydrogen-bond donors (Lipinski definition) is 1. The van der Waals surface area contributed by atoms with Gasteiger partial charge in [-0.05, 0) is 58.0 Å². The lowest BCUT2D eigenvalue weighted by Crippen LogP contribution is -2.42. The van der Waals surface area contributed by atoms with Gasteiger partial charge in [0.2, 0.25) is 0 Å². The summed E-state index contributed by atoms with van der Waals surface area (Å²) in [5.41, 5.74) is 0. The van der Waals surface area contributed by atoms with Crippen molar-refractivity contribution in [3.8, 4) is 0 Å². The van der Waals surface area contributed by atoms with E-state index in [1.807, 2.05) is 7.11 Å². The van der Waals surface area contributed by atoms with Crippen LogP contribution in [0.2, 0.25) is 0 Å². The minimum absolute atomic E-state index is 0.753. The average molecular weight is 254 g/mol. The number of piperidine rings is 1. The molecule has 2 atom stereocenters. The van der Waals surface area contributed by atoms with Gasteiger partial charge < -0.3 is 10.1 Å². The highest BCUT2D eigenvalue weighted by molar-refractivity contribution is 4.86. The van der Waals surface area contributed by atoms with Gasteiger partial charge in [0.1, 0.15) is 0 Å². The fourth-order valence-corrected chi connectivity index (χ4v) is 3.10. The number of ether oxygens (including phenoxy) is 1. The molecule has 106 valence electrons. The van der Waals surface area contributed by atoms with E-state index in [1.54, 1.807) is 0 Å². The third kappa shape index (κ3) is 4.52. The zero-order valence-electron chi connectivity index (χ0n) is 12.2. The van der Waals surface area contributed by atoms with E-state index in [9.17, 15) is 0 Å². The van der Waals surface area contributed by atoms with E-state index < -0.39 is 0 Å². The maximum absolute atomic E-state index is 5.26. The molecule has 18 heavy (non-hydrogen) atoms. The first-order chi connectivity index (χ1) is 8.81. The molecule has 2 unspecified atom stereocenters.